The van der Waals surface area contributed by atoms with Crippen LogP contribution in [-0.2, 0) is 0 Å². The summed E-state index contributed by atoms with van der Waals surface area (Å²) in [5, 5.41) is 0. The van der Waals surface area contributed by atoms with Gasteiger partial charge >= 0.3 is 0 Å². The van der Waals surface area contributed by atoms with Gasteiger partial charge in [-0.05, 0) is 50.2 Å². The summed E-state index contributed by atoms with van der Waals surface area (Å²) < 4.78 is 0. The maximum Gasteiger partial charge on any atom is -0.0279 e. The number of allylic oxidation sites excluding steroid dienone is 4. The predicted molar refractivity (Wildman–Crippen MR) is 50.6 cm³/mol. The van der Waals surface area contributed by atoms with Crippen molar-refractivity contribution in [2.75, 3.05) is 0 Å². The van der Waals surface area contributed by atoms with Gasteiger partial charge in [-0.15, -0.1) is 0 Å². The molecule has 0 spiro atoms. The van der Waals surface area contributed by atoms with Gasteiger partial charge in [-0.25, -0.2) is 0 Å². The highest BCUT2D eigenvalue weighted by Crippen LogP contribution is 2.28. The van der Waals surface area contributed by atoms with Crippen molar-refractivity contribution in [3.05, 3.63) is 23.3 Å². The largest absolute Gasteiger partial charge is 0.0842 e. The Kier molecular flexibility index (Phi) is 3.41. The molecule has 0 amide bonds. The van der Waals surface area contributed by atoms with Crippen LogP contribution < -0.4 is 0 Å². The van der Waals surface area contributed by atoms with Gasteiger partial charge in [0.05, 0.1) is 0 Å². The summed E-state index contributed by atoms with van der Waals surface area (Å²) in [6.07, 6.45) is 11.3. The summed E-state index contributed by atoms with van der Waals surface area (Å²) in [4.78, 5) is 0. The lowest BCUT2D eigenvalue weighted by molar-refractivity contribution is 0.675. The SMILES string of the molecule is C/C=C1/CCCC/C1=C/CC. The van der Waals surface area contributed by atoms with Crippen LogP contribution in [0.15, 0.2) is 23.3 Å². The van der Waals surface area contributed by atoms with E-state index in [0.717, 1.165) is 0 Å². The van der Waals surface area contributed by atoms with E-state index in [4.69, 9.17) is 0 Å². The number of hydrogen-bond donors (Lipinski definition) is 0. The van der Waals surface area contributed by atoms with Gasteiger partial charge in [-0.1, -0.05) is 19.1 Å². The van der Waals surface area contributed by atoms with Gasteiger partial charge < -0.3 is 0 Å². The molecule has 11 heavy (non-hydrogen) atoms. The van der Waals surface area contributed by atoms with Gasteiger partial charge in [0.2, 0.25) is 0 Å². The Hall–Kier alpha value is -0.520. The lowest BCUT2D eigenvalue weighted by atomic mass is 9.89. The first-order valence-corrected chi connectivity index (χ1v) is 4.73. The molecule has 1 aliphatic rings. The van der Waals surface area contributed by atoms with Crippen molar-refractivity contribution in [1.29, 1.82) is 0 Å². The topological polar surface area (TPSA) is 0 Å². The van der Waals surface area contributed by atoms with Crippen molar-refractivity contribution in [2.45, 2.75) is 46.0 Å². The molecule has 0 aliphatic heterocycles. The average molecular weight is 150 g/mol. The summed E-state index contributed by atoms with van der Waals surface area (Å²) in [5.41, 5.74) is 3.21. The quantitative estimate of drug-likeness (QED) is 0.532. The summed E-state index contributed by atoms with van der Waals surface area (Å²) >= 11 is 0. The molecule has 0 heterocycles. The highest BCUT2D eigenvalue weighted by Gasteiger charge is 2.08. The smallest absolute Gasteiger partial charge is 0.0279 e. The Balaban J connectivity index is 2.67. The number of rotatable bonds is 1. The van der Waals surface area contributed by atoms with Crippen LogP contribution in [0.4, 0.5) is 0 Å². The third-order valence-corrected chi connectivity index (χ3v) is 2.35. The van der Waals surface area contributed by atoms with Gasteiger partial charge in [0.15, 0.2) is 0 Å². The molecular formula is C11H18. The van der Waals surface area contributed by atoms with Crippen LogP contribution >= 0.6 is 0 Å². The monoisotopic (exact) mass is 150 g/mol. The van der Waals surface area contributed by atoms with Gasteiger partial charge in [0.1, 0.15) is 0 Å². The van der Waals surface area contributed by atoms with E-state index in [9.17, 15) is 0 Å². The lowest BCUT2D eigenvalue weighted by Crippen LogP contribution is -1.97. The summed E-state index contributed by atoms with van der Waals surface area (Å²) in [6, 6.07) is 0. The Morgan fingerprint density at radius 1 is 1.18 bits per heavy atom. The molecule has 1 rings (SSSR count). The average Bonchev–Trinajstić information content (AvgIpc) is 2.06. The molecule has 0 saturated heterocycles. The molecule has 0 atom stereocenters. The molecule has 1 aliphatic carbocycles. The molecule has 0 aromatic heterocycles. The molecule has 0 unspecified atom stereocenters. The minimum absolute atomic E-state index is 1.19. The second kappa shape index (κ2) is 4.38. The zero-order chi connectivity index (χ0) is 8.10. The molecule has 0 aromatic rings. The minimum atomic E-state index is 1.19. The Bertz CT molecular complexity index is 172. The fourth-order valence-electron chi connectivity index (χ4n) is 1.76. The Morgan fingerprint density at radius 3 is 2.36 bits per heavy atom. The van der Waals surface area contributed by atoms with E-state index in [-0.39, 0.29) is 0 Å². The normalized spacial score (nSPS) is 26.4. The van der Waals surface area contributed by atoms with Crippen LogP contribution in [0, 0.1) is 0 Å². The Labute approximate surface area is 70.0 Å². The fourth-order valence-corrected chi connectivity index (χ4v) is 1.76. The van der Waals surface area contributed by atoms with Crippen molar-refractivity contribution in [1.82, 2.24) is 0 Å². The van der Waals surface area contributed by atoms with E-state index in [0.29, 0.717) is 0 Å². The Morgan fingerprint density at radius 2 is 1.82 bits per heavy atom. The summed E-state index contributed by atoms with van der Waals surface area (Å²) in [7, 11) is 0. The molecule has 0 aromatic carbocycles. The fraction of sp³-hybridized carbons (Fsp3) is 0.636. The van der Waals surface area contributed by atoms with Crippen molar-refractivity contribution in [2.24, 2.45) is 0 Å². The molecule has 0 heteroatoms. The zero-order valence-electron chi connectivity index (χ0n) is 7.69. The second-order valence-electron chi connectivity index (χ2n) is 3.16. The van der Waals surface area contributed by atoms with Crippen LogP contribution in [0.25, 0.3) is 0 Å². The van der Waals surface area contributed by atoms with Crippen molar-refractivity contribution in [3.63, 3.8) is 0 Å². The van der Waals surface area contributed by atoms with Crippen LogP contribution in [-0.4, -0.2) is 0 Å². The van der Waals surface area contributed by atoms with E-state index in [2.05, 4.69) is 26.0 Å². The molecule has 0 nitrogen and oxygen atoms in total. The van der Waals surface area contributed by atoms with Crippen molar-refractivity contribution < 1.29 is 0 Å². The van der Waals surface area contributed by atoms with Crippen LogP contribution in [0.5, 0.6) is 0 Å². The van der Waals surface area contributed by atoms with Crippen LogP contribution in [0.3, 0.4) is 0 Å². The van der Waals surface area contributed by atoms with E-state index in [1.807, 2.05) is 0 Å². The van der Waals surface area contributed by atoms with Gasteiger partial charge in [-0.2, -0.15) is 0 Å². The standard InChI is InChI=1S/C11H18/c1-3-7-11-9-6-5-8-10(11)4-2/h4,7H,3,5-6,8-9H2,1-2H3/b10-4-,11-7-. The van der Waals surface area contributed by atoms with Gasteiger partial charge in [0.25, 0.3) is 0 Å². The van der Waals surface area contributed by atoms with Crippen LogP contribution in [0.2, 0.25) is 0 Å². The predicted octanol–water partition coefficient (Wildman–Crippen LogP) is 3.84. The van der Waals surface area contributed by atoms with Crippen molar-refractivity contribution in [3.8, 4) is 0 Å². The van der Waals surface area contributed by atoms with E-state index >= 15 is 0 Å². The van der Waals surface area contributed by atoms with E-state index in [1.165, 1.54) is 32.1 Å². The van der Waals surface area contributed by atoms with Gasteiger partial charge in [-0.3, -0.25) is 0 Å². The molecule has 0 radical (unpaired) electrons. The van der Waals surface area contributed by atoms with Gasteiger partial charge in [0, 0.05) is 0 Å². The minimum Gasteiger partial charge on any atom is -0.0842 e. The third kappa shape index (κ3) is 2.21. The maximum atomic E-state index is 2.38. The van der Waals surface area contributed by atoms with Crippen LogP contribution in [0.1, 0.15) is 46.0 Å². The molecule has 0 N–H and O–H groups in total. The highest BCUT2D eigenvalue weighted by atomic mass is 14.1. The molecule has 1 fully saturated rings. The molecule has 62 valence electrons. The second-order valence-corrected chi connectivity index (χ2v) is 3.16. The molecule has 1 saturated carbocycles. The number of hydrogen-bond acceptors (Lipinski definition) is 0. The molecule has 0 bridgehead atoms. The summed E-state index contributed by atoms with van der Waals surface area (Å²) in [6.45, 7) is 4.37. The van der Waals surface area contributed by atoms with E-state index in [1.54, 1.807) is 11.1 Å². The van der Waals surface area contributed by atoms with E-state index < -0.39 is 0 Å². The molecular weight excluding hydrogens is 132 g/mol. The highest BCUT2D eigenvalue weighted by molar-refractivity contribution is 5.31. The third-order valence-electron chi connectivity index (χ3n) is 2.35. The van der Waals surface area contributed by atoms with Crippen molar-refractivity contribution >= 4 is 0 Å². The lowest BCUT2D eigenvalue weighted by Gasteiger charge is -2.17. The first-order chi connectivity index (χ1) is 5.38. The summed E-state index contributed by atoms with van der Waals surface area (Å²) in [5.74, 6) is 0. The first-order valence-electron chi connectivity index (χ1n) is 4.73. The zero-order valence-corrected chi connectivity index (χ0v) is 7.69. The first kappa shape index (κ1) is 8.58. The maximum absolute atomic E-state index is 2.38.